The first-order chi connectivity index (χ1) is 10.2. The second-order valence-corrected chi connectivity index (χ2v) is 4.71. The maximum atomic E-state index is 12.2. The number of carbonyl (C=O) groups excluding carboxylic acids is 2. The zero-order valence-corrected chi connectivity index (χ0v) is 12.0. The van der Waals surface area contributed by atoms with E-state index in [1.54, 1.807) is 4.90 Å². The molecule has 0 fully saturated rings. The van der Waals surface area contributed by atoms with Crippen molar-refractivity contribution in [2.24, 2.45) is 0 Å². The van der Waals surface area contributed by atoms with Gasteiger partial charge in [-0.05, 0) is 11.1 Å². The highest BCUT2D eigenvalue weighted by Gasteiger charge is 2.20. The Bertz CT molecular complexity index is 555. The van der Waals surface area contributed by atoms with E-state index in [1.165, 1.54) is 7.05 Å². The Morgan fingerprint density at radius 3 is 1.67 bits per heavy atom. The van der Waals surface area contributed by atoms with E-state index in [2.05, 4.69) is 5.32 Å². The van der Waals surface area contributed by atoms with Crippen molar-refractivity contribution >= 4 is 11.8 Å². The van der Waals surface area contributed by atoms with Crippen LogP contribution in [0.2, 0.25) is 0 Å². The van der Waals surface area contributed by atoms with Crippen LogP contribution < -0.4 is 5.32 Å². The van der Waals surface area contributed by atoms with E-state index in [0.717, 1.165) is 11.1 Å². The van der Waals surface area contributed by atoms with Gasteiger partial charge in [-0.2, -0.15) is 0 Å². The molecule has 0 atom stereocenters. The molecule has 2 amide bonds. The molecule has 4 nitrogen and oxygen atoms in total. The van der Waals surface area contributed by atoms with E-state index >= 15 is 0 Å². The van der Waals surface area contributed by atoms with Gasteiger partial charge in [0.25, 0.3) is 0 Å². The molecule has 0 aliphatic carbocycles. The molecule has 2 aromatic carbocycles. The van der Waals surface area contributed by atoms with E-state index in [-0.39, 0.29) is 0 Å². The maximum absolute atomic E-state index is 12.2. The van der Waals surface area contributed by atoms with E-state index < -0.39 is 11.8 Å². The third kappa shape index (κ3) is 4.18. The fourth-order valence-corrected chi connectivity index (χ4v) is 2.06. The number of benzene rings is 2. The molecule has 0 aromatic heterocycles. The number of nitrogens with zero attached hydrogens (tertiary/aromatic N) is 1. The molecule has 0 heterocycles. The summed E-state index contributed by atoms with van der Waals surface area (Å²) in [5, 5.41) is 2.39. The van der Waals surface area contributed by atoms with Crippen LogP contribution in [0.3, 0.4) is 0 Å². The normalized spacial score (nSPS) is 9.95. The molecule has 0 aliphatic rings. The molecule has 0 saturated heterocycles. The standard InChI is InChI=1S/C17H18N2O2/c1-18-16(20)17(21)19(12-14-8-4-2-5-9-14)13-15-10-6-3-7-11-15/h2-11H,12-13H2,1H3,(H,18,20). The maximum Gasteiger partial charge on any atom is 0.312 e. The smallest absolute Gasteiger partial charge is 0.312 e. The molecule has 0 bridgehead atoms. The lowest BCUT2D eigenvalue weighted by Crippen LogP contribution is -2.41. The van der Waals surface area contributed by atoms with Crippen LogP contribution in [0, 0.1) is 0 Å². The molecule has 2 rings (SSSR count). The summed E-state index contributed by atoms with van der Waals surface area (Å²) in [5.74, 6) is -1.12. The lowest BCUT2D eigenvalue weighted by atomic mass is 10.1. The summed E-state index contributed by atoms with van der Waals surface area (Å²) in [5.41, 5.74) is 1.98. The lowest BCUT2D eigenvalue weighted by molar-refractivity contribution is -0.146. The first kappa shape index (κ1) is 14.8. The highest BCUT2D eigenvalue weighted by atomic mass is 16.2. The van der Waals surface area contributed by atoms with Gasteiger partial charge in [-0.25, -0.2) is 0 Å². The number of hydrogen-bond acceptors (Lipinski definition) is 2. The Hall–Kier alpha value is -2.62. The summed E-state index contributed by atoms with van der Waals surface area (Å²) in [7, 11) is 1.46. The fraction of sp³-hybridized carbons (Fsp3) is 0.176. The topological polar surface area (TPSA) is 49.4 Å². The number of hydrogen-bond donors (Lipinski definition) is 1. The molecule has 108 valence electrons. The molecular formula is C17H18N2O2. The quantitative estimate of drug-likeness (QED) is 0.872. The summed E-state index contributed by atoms with van der Waals surface area (Å²) in [6.45, 7) is 0.809. The average molecular weight is 282 g/mol. The van der Waals surface area contributed by atoms with E-state index in [0.29, 0.717) is 13.1 Å². The van der Waals surface area contributed by atoms with Crippen LogP contribution in [0.5, 0.6) is 0 Å². The Morgan fingerprint density at radius 1 is 0.857 bits per heavy atom. The largest absolute Gasteiger partial charge is 0.351 e. The Kier molecular flexibility index (Phi) is 5.10. The summed E-state index contributed by atoms with van der Waals surface area (Å²) in [6, 6.07) is 19.3. The molecule has 1 N–H and O–H groups in total. The molecule has 0 spiro atoms. The number of carbonyl (C=O) groups is 2. The van der Waals surface area contributed by atoms with Gasteiger partial charge >= 0.3 is 11.8 Å². The van der Waals surface area contributed by atoms with Gasteiger partial charge < -0.3 is 10.2 Å². The van der Waals surface area contributed by atoms with Gasteiger partial charge in [-0.15, -0.1) is 0 Å². The minimum Gasteiger partial charge on any atom is -0.351 e. The van der Waals surface area contributed by atoms with Crippen LogP contribution in [0.15, 0.2) is 60.7 Å². The van der Waals surface area contributed by atoms with Crippen LogP contribution >= 0.6 is 0 Å². The van der Waals surface area contributed by atoms with Gasteiger partial charge in [0, 0.05) is 20.1 Å². The van der Waals surface area contributed by atoms with Crippen molar-refractivity contribution in [3.8, 4) is 0 Å². The van der Waals surface area contributed by atoms with Crippen molar-refractivity contribution < 1.29 is 9.59 Å². The Morgan fingerprint density at radius 2 is 1.29 bits per heavy atom. The van der Waals surface area contributed by atoms with Crippen molar-refractivity contribution in [1.82, 2.24) is 10.2 Å². The fourth-order valence-electron chi connectivity index (χ4n) is 2.06. The minimum atomic E-state index is -0.595. The van der Waals surface area contributed by atoms with Gasteiger partial charge in [0.2, 0.25) is 0 Å². The third-order valence-electron chi connectivity index (χ3n) is 3.14. The molecule has 21 heavy (non-hydrogen) atoms. The molecule has 4 heteroatoms. The average Bonchev–Trinajstić information content (AvgIpc) is 2.54. The van der Waals surface area contributed by atoms with Crippen molar-refractivity contribution in [3.05, 3.63) is 71.8 Å². The zero-order chi connectivity index (χ0) is 15.1. The second kappa shape index (κ2) is 7.24. The van der Waals surface area contributed by atoms with Crippen LogP contribution in [-0.4, -0.2) is 23.8 Å². The monoisotopic (exact) mass is 282 g/mol. The van der Waals surface area contributed by atoms with Crippen LogP contribution in [0.4, 0.5) is 0 Å². The predicted octanol–water partition coefficient (Wildman–Crippen LogP) is 1.96. The third-order valence-corrected chi connectivity index (χ3v) is 3.14. The molecule has 2 aromatic rings. The highest BCUT2D eigenvalue weighted by molar-refractivity contribution is 6.34. The summed E-state index contributed by atoms with van der Waals surface area (Å²) in [6.07, 6.45) is 0. The number of nitrogens with one attached hydrogen (secondary N) is 1. The lowest BCUT2D eigenvalue weighted by Gasteiger charge is -2.22. The molecular weight excluding hydrogens is 264 g/mol. The molecule has 0 unspecified atom stereocenters. The van der Waals surface area contributed by atoms with E-state index in [1.807, 2.05) is 60.7 Å². The van der Waals surface area contributed by atoms with Gasteiger partial charge in [-0.3, -0.25) is 9.59 Å². The molecule has 0 aliphatic heterocycles. The molecule has 0 radical (unpaired) electrons. The predicted molar refractivity (Wildman–Crippen MR) is 81.2 cm³/mol. The van der Waals surface area contributed by atoms with Crippen molar-refractivity contribution in [1.29, 1.82) is 0 Å². The van der Waals surface area contributed by atoms with Crippen LogP contribution in [0.25, 0.3) is 0 Å². The number of rotatable bonds is 4. The van der Waals surface area contributed by atoms with E-state index in [4.69, 9.17) is 0 Å². The Labute approximate surface area is 124 Å². The van der Waals surface area contributed by atoms with Crippen LogP contribution in [-0.2, 0) is 22.7 Å². The zero-order valence-electron chi connectivity index (χ0n) is 12.0. The van der Waals surface area contributed by atoms with Crippen molar-refractivity contribution in [3.63, 3.8) is 0 Å². The molecule has 0 saturated carbocycles. The Balaban J connectivity index is 2.18. The van der Waals surface area contributed by atoms with Gasteiger partial charge in [0.1, 0.15) is 0 Å². The number of amides is 2. The van der Waals surface area contributed by atoms with Crippen molar-refractivity contribution in [2.75, 3.05) is 7.05 Å². The minimum absolute atomic E-state index is 0.405. The van der Waals surface area contributed by atoms with Crippen LogP contribution in [0.1, 0.15) is 11.1 Å². The first-order valence-electron chi connectivity index (χ1n) is 6.79. The summed E-state index contributed by atoms with van der Waals surface area (Å²) < 4.78 is 0. The van der Waals surface area contributed by atoms with E-state index in [9.17, 15) is 9.59 Å². The first-order valence-corrected chi connectivity index (χ1v) is 6.79. The van der Waals surface area contributed by atoms with Crippen molar-refractivity contribution in [2.45, 2.75) is 13.1 Å². The SMILES string of the molecule is CNC(=O)C(=O)N(Cc1ccccc1)Cc1ccccc1. The highest BCUT2D eigenvalue weighted by Crippen LogP contribution is 2.10. The van der Waals surface area contributed by atoms with Gasteiger partial charge in [0.15, 0.2) is 0 Å². The second-order valence-electron chi connectivity index (χ2n) is 4.71. The summed E-state index contributed by atoms with van der Waals surface area (Å²) in [4.78, 5) is 25.4. The van der Waals surface area contributed by atoms with Gasteiger partial charge in [0.05, 0.1) is 0 Å². The number of likely N-dealkylation sites (N-methyl/N-ethyl adjacent to an activating group) is 1. The van der Waals surface area contributed by atoms with Gasteiger partial charge in [-0.1, -0.05) is 60.7 Å². The summed E-state index contributed by atoms with van der Waals surface area (Å²) >= 11 is 0.